The minimum atomic E-state index is -0.152. The van der Waals surface area contributed by atoms with Crippen LogP contribution in [0.4, 0.5) is 0 Å². The van der Waals surface area contributed by atoms with Crippen molar-refractivity contribution >= 4 is 34.2 Å². The van der Waals surface area contributed by atoms with Crippen LogP contribution >= 0.6 is 11.8 Å². The fourth-order valence-corrected chi connectivity index (χ4v) is 3.92. The number of hydrogen-bond acceptors (Lipinski definition) is 4. The van der Waals surface area contributed by atoms with E-state index in [2.05, 4.69) is 32.8 Å². The lowest BCUT2D eigenvalue weighted by Crippen LogP contribution is -2.30. The normalized spacial score (nSPS) is 12.5. The van der Waals surface area contributed by atoms with Crippen LogP contribution in [0.1, 0.15) is 30.3 Å². The number of aryl methyl sites for hydroxylation is 1. The van der Waals surface area contributed by atoms with Crippen molar-refractivity contribution in [1.29, 1.82) is 0 Å². The number of H-pyrrole nitrogens is 1. The molecule has 0 aliphatic rings. The first-order valence-corrected chi connectivity index (χ1v) is 10.8. The van der Waals surface area contributed by atoms with Gasteiger partial charge in [0.05, 0.1) is 6.04 Å². The van der Waals surface area contributed by atoms with Gasteiger partial charge in [0.1, 0.15) is 0 Å². The van der Waals surface area contributed by atoms with E-state index >= 15 is 0 Å². The fourth-order valence-electron chi connectivity index (χ4n) is 3.45. The first-order chi connectivity index (χ1) is 13.8. The molecule has 0 aliphatic carbocycles. The number of nitrogens with zero attached hydrogens (tertiary/aromatic N) is 3. The second-order valence-corrected chi connectivity index (χ2v) is 7.73. The topological polar surface area (TPSA) is 75.1 Å². The monoisotopic (exact) mass is 393 g/mol. The molecule has 1 amide bonds. The molecule has 1 unspecified atom stereocenters. The lowest BCUT2D eigenvalue weighted by molar-refractivity contribution is -0.121. The van der Waals surface area contributed by atoms with E-state index in [1.54, 1.807) is 11.8 Å². The summed E-state index contributed by atoms with van der Waals surface area (Å²) in [5.41, 5.74) is 3.06. The first kappa shape index (κ1) is 18.6. The van der Waals surface area contributed by atoms with Crippen molar-refractivity contribution in [2.45, 2.75) is 25.3 Å². The summed E-state index contributed by atoms with van der Waals surface area (Å²) in [5, 5.41) is 12.9. The van der Waals surface area contributed by atoms with Crippen LogP contribution in [0.5, 0.6) is 0 Å². The summed E-state index contributed by atoms with van der Waals surface area (Å²) >= 11 is 1.76. The lowest BCUT2D eigenvalue weighted by Gasteiger charge is -2.17. The van der Waals surface area contributed by atoms with Crippen LogP contribution in [0.2, 0.25) is 0 Å². The molecule has 0 aliphatic heterocycles. The highest BCUT2D eigenvalue weighted by Gasteiger charge is 2.20. The molecule has 4 aromatic rings. The van der Waals surface area contributed by atoms with Crippen LogP contribution in [0.15, 0.2) is 54.9 Å². The van der Waals surface area contributed by atoms with E-state index in [1.807, 2.05) is 53.2 Å². The number of aromatic amines is 1. The molecule has 2 N–H and O–H groups in total. The number of aromatic nitrogens is 4. The molecule has 7 heteroatoms. The van der Waals surface area contributed by atoms with Gasteiger partial charge in [-0.05, 0) is 48.6 Å². The molecule has 3 aromatic heterocycles. The van der Waals surface area contributed by atoms with Gasteiger partial charge in [-0.15, -0.1) is 10.2 Å². The maximum atomic E-state index is 12.7. The summed E-state index contributed by atoms with van der Waals surface area (Å²) in [6, 6.07) is 13.8. The molecule has 28 heavy (non-hydrogen) atoms. The van der Waals surface area contributed by atoms with Gasteiger partial charge in [-0.25, -0.2) is 0 Å². The highest BCUT2D eigenvalue weighted by atomic mass is 32.2. The van der Waals surface area contributed by atoms with Gasteiger partial charge >= 0.3 is 0 Å². The van der Waals surface area contributed by atoms with E-state index in [0.717, 1.165) is 29.2 Å². The smallest absolute Gasteiger partial charge is 0.220 e. The molecule has 1 atom stereocenters. The highest BCUT2D eigenvalue weighted by Crippen LogP contribution is 2.21. The van der Waals surface area contributed by atoms with Gasteiger partial charge in [-0.1, -0.05) is 24.3 Å². The third-order valence-corrected chi connectivity index (χ3v) is 5.54. The number of thioether (sulfide) groups is 1. The minimum Gasteiger partial charge on any atom is -0.361 e. The maximum absolute atomic E-state index is 12.7. The van der Waals surface area contributed by atoms with E-state index in [0.29, 0.717) is 12.8 Å². The molecule has 1 aromatic carbocycles. The summed E-state index contributed by atoms with van der Waals surface area (Å²) in [6.07, 6.45) is 7.96. The largest absolute Gasteiger partial charge is 0.361 e. The molecule has 0 saturated heterocycles. The van der Waals surface area contributed by atoms with Crippen molar-refractivity contribution < 1.29 is 4.79 Å². The summed E-state index contributed by atoms with van der Waals surface area (Å²) < 4.78 is 1.95. The number of hydrogen-bond donors (Lipinski definition) is 2. The van der Waals surface area contributed by atoms with E-state index in [1.165, 1.54) is 10.9 Å². The zero-order valence-electron chi connectivity index (χ0n) is 15.8. The number of para-hydroxylation sites is 1. The second kappa shape index (κ2) is 8.48. The van der Waals surface area contributed by atoms with Crippen molar-refractivity contribution in [3.05, 3.63) is 66.2 Å². The number of fused-ring (bicyclic) bond motifs is 2. The van der Waals surface area contributed by atoms with Crippen LogP contribution in [-0.4, -0.2) is 37.5 Å². The van der Waals surface area contributed by atoms with E-state index in [-0.39, 0.29) is 11.9 Å². The molecule has 0 radical (unpaired) electrons. The third kappa shape index (κ3) is 3.89. The van der Waals surface area contributed by atoms with E-state index in [9.17, 15) is 4.79 Å². The Labute approximate surface area is 167 Å². The average molecular weight is 394 g/mol. The molecule has 0 spiro atoms. The predicted molar refractivity (Wildman–Crippen MR) is 113 cm³/mol. The van der Waals surface area contributed by atoms with Crippen molar-refractivity contribution in [1.82, 2.24) is 24.9 Å². The number of benzene rings is 1. The molecule has 6 nitrogen and oxygen atoms in total. The van der Waals surface area contributed by atoms with Gasteiger partial charge in [0, 0.05) is 29.7 Å². The maximum Gasteiger partial charge on any atom is 0.220 e. The van der Waals surface area contributed by atoms with Crippen molar-refractivity contribution in [2.24, 2.45) is 0 Å². The second-order valence-electron chi connectivity index (χ2n) is 6.75. The van der Waals surface area contributed by atoms with Crippen LogP contribution in [0, 0.1) is 0 Å². The summed E-state index contributed by atoms with van der Waals surface area (Å²) in [4.78, 5) is 16.0. The van der Waals surface area contributed by atoms with Crippen molar-refractivity contribution in [3.8, 4) is 0 Å². The predicted octanol–water partition coefficient (Wildman–Crippen LogP) is 3.75. The van der Waals surface area contributed by atoms with Crippen molar-refractivity contribution in [2.75, 3.05) is 12.0 Å². The van der Waals surface area contributed by atoms with Crippen LogP contribution in [-0.2, 0) is 11.2 Å². The lowest BCUT2D eigenvalue weighted by atomic mass is 10.1. The summed E-state index contributed by atoms with van der Waals surface area (Å²) in [6.45, 7) is 0. The number of amides is 1. The number of nitrogens with one attached hydrogen (secondary N) is 2. The van der Waals surface area contributed by atoms with Gasteiger partial charge in [0.25, 0.3) is 0 Å². The molecular formula is C21H23N5OS. The summed E-state index contributed by atoms with van der Waals surface area (Å²) in [7, 11) is 0. The Morgan fingerprint density at radius 1 is 1.21 bits per heavy atom. The Hall–Kier alpha value is -2.80. The van der Waals surface area contributed by atoms with E-state index < -0.39 is 0 Å². The third-order valence-electron chi connectivity index (χ3n) is 4.89. The van der Waals surface area contributed by atoms with Gasteiger partial charge in [0.15, 0.2) is 11.5 Å². The zero-order valence-corrected chi connectivity index (χ0v) is 16.6. The Morgan fingerprint density at radius 3 is 2.96 bits per heavy atom. The Balaban J connectivity index is 1.46. The fraction of sp³-hybridized carbons (Fsp3) is 0.286. The molecular weight excluding hydrogens is 370 g/mol. The van der Waals surface area contributed by atoms with Gasteiger partial charge in [0.2, 0.25) is 5.91 Å². The number of pyridine rings is 1. The Morgan fingerprint density at radius 2 is 2.07 bits per heavy atom. The zero-order chi connectivity index (χ0) is 19.3. The Bertz CT molecular complexity index is 1090. The first-order valence-electron chi connectivity index (χ1n) is 9.39. The van der Waals surface area contributed by atoms with Crippen molar-refractivity contribution in [3.63, 3.8) is 0 Å². The Kier molecular flexibility index (Phi) is 5.62. The molecule has 0 fully saturated rings. The average Bonchev–Trinajstić information content (AvgIpc) is 3.34. The molecule has 4 rings (SSSR count). The van der Waals surface area contributed by atoms with Gasteiger partial charge in [-0.3, -0.25) is 9.20 Å². The number of rotatable bonds is 8. The summed E-state index contributed by atoms with van der Waals surface area (Å²) in [5.74, 6) is 1.75. The molecule has 0 bridgehead atoms. The van der Waals surface area contributed by atoms with E-state index in [4.69, 9.17) is 0 Å². The minimum absolute atomic E-state index is 0.0315. The van der Waals surface area contributed by atoms with Crippen LogP contribution in [0.25, 0.3) is 16.6 Å². The molecule has 3 heterocycles. The number of carbonyl (C=O) groups is 1. The van der Waals surface area contributed by atoms with Crippen LogP contribution < -0.4 is 5.32 Å². The number of carbonyl (C=O) groups excluding carboxylic acids is 1. The SMILES string of the molecule is CSCCC(NC(=O)CCc1c[nH]c2ccccc12)c1nnc2ccccn12. The molecule has 0 saturated carbocycles. The standard InChI is InChI=1S/C21H23N5OS/c1-28-13-11-18(21-25-24-19-8-4-5-12-26(19)21)23-20(27)10-9-15-14-22-17-7-3-2-6-16(15)17/h2-8,12,14,18,22H,9-11,13H2,1H3,(H,23,27). The molecule has 144 valence electrons. The highest BCUT2D eigenvalue weighted by molar-refractivity contribution is 7.98. The quantitative estimate of drug-likeness (QED) is 0.478. The van der Waals surface area contributed by atoms with Gasteiger partial charge < -0.3 is 10.3 Å². The van der Waals surface area contributed by atoms with Crippen LogP contribution in [0.3, 0.4) is 0 Å². The van der Waals surface area contributed by atoms with Gasteiger partial charge in [-0.2, -0.15) is 11.8 Å².